The smallest absolute Gasteiger partial charge is 0.251 e. The van der Waals surface area contributed by atoms with Gasteiger partial charge in [0.2, 0.25) is 11.8 Å². The summed E-state index contributed by atoms with van der Waals surface area (Å²) < 4.78 is 1.80. The minimum atomic E-state index is -0.751. The third-order valence-electron chi connectivity index (χ3n) is 4.43. The lowest BCUT2D eigenvalue weighted by Gasteiger charge is -2.14. The molecule has 1 atom stereocenters. The maximum atomic E-state index is 12.5. The standard InChI is InChI=1S/C21H24N6O3/c1-4-11-27-19-10-5-15(12-18(19)25-26-27)21(30)22-13(2)20(29)24-17-8-6-16(7-9-17)23-14(3)28/h5-10,12-13H,4,11H2,1-3H3,(H,22,30)(H,23,28)(H,24,29)/t13-/m0/s1. The van der Waals surface area contributed by atoms with Crippen molar-refractivity contribution in [2.24, 2.45) is 0 Å². The zero-order valence-electron chi connectivity index (χ0n) is 17.1. The van der Waals surface area contributed by atoms with Crippen molar-refractivity contribution in [3.8, 4) is 0 Å². The van der Waals surface area contributed by atoms with Crippen LogP contribution in [-0.2, 0) is 16.1 Å². The minimum Gasteiger partial charge on any atom is -0.341 e. The molecule has 0 bridgehead atoms. The molecule has 1 aromatic heterocycles. The molecule has 156 valence electrons. The van der Waals surface area contributed by atoms with Crippen LogP contribution in [0, 0.1) is 0 Å². The molecule has 9 nitrogen and oxygen atoms in total. The van der Waals surface area contributed by atoms with E-state index in [4.69, 9.17) is 0 Å². The summed E-state index contributed by atoms with van der Waals surface area (Å²) >= 11 is 0. The molecule has 30 heavy (non-hydrogen) atoms. The van der Waals surface area contributed by atoms with E-state index in [0.29, 0.717) is 22.5 Å². The Kier molecular flexibility index (Phi) is 6.41. The second kappa shape index (κ2) is 9.17. The molecule has 1 heterocycles. The number of nitrogens with one attached hydrogen (secondary N) is 3. The van der Waals surface area contributed by atoms with Gasteiger partial charge in [0.25, 0.3) is 5.91 Å². The van der Waals surface area contributed by atoms with E-state index in [1.165, 1.54) is 6.92 Å². The van der Waals surface area contributed by atoms with Gasteiger partial charge in [-0.15, -0.1) is 5.10 Å². The van der Waals surface area contributed by atoms with Crippen molar-refractivity contribution in [3.05, 3.63) is 48.0 Å². The number of carbonyl (C=O) groups excluding carboxylic acids is 3. The first kappa shape index (κ1) is 21.0. The normalized spacial score (nSPS) is 11.7. The molecule has 0 aliphatic heterocycles. The van der Waals surface area contributed by atoms with Gasteiger partial charge in [-0.25, -0.2) is 4.68 Å². The number of hydrogen-bond acceptors (Lipinski definition) is 5. The van der Waals surface area contributed by atoms with Crippen LogP contribution in [0.3, 0.4) is 0 Å². The Balaban J connectivity index is 1.61. The van der Waals surface area contributed by atoms with Gasteiger partial charge >= 0.3 is 0 Å². The first-order valence-corrected chi connectivity index (χ1v) is 9.70. The predicted molar refractivity (Wildman–Crippen MR) is 114 cm³/mol. The van der Waals surface area contributed by atoms with Gasteiger partial charge in [-0.3, -0.25) is 14.4 Å². The van der Waals surface area contributed by atoms with E-state index in [1.54, 1.807) is 54.1 Å². The fourth-order valence-corrected chi connectivity index (χ4v) is 2.93. The highest BCUT2D eigenvalue weighted by Crippen LogP contribution is 2.15. The number of nitrogens with zero attached hydrogens (tertiary/aromatic N) is 3. The molecule has 0 fully saturated rings. The largest absolute Gasteiger partial charge is 0.341 e. The molecule has 0 aliphatic rings. The average Bonchev–Trinajstić information content (AvgIpc) is 3.11. The second-order valence-corrected chi connectivity index (χ2v) is 6.96. The summed E-state index contributed by atoms with van der Waals surface area (Å²) in [6.07, 6.45) is 0.934. The Morgan fingerprint density at radius 1 is 1.03 bits per heavy atom. The number of aromatic nitrogens is 3. The Morgan fingerprint density at radius 2 is 1.70 bits per heavy atom. The SMILES string of the molecule is CCCn1nnc2cc(C(=O)N[C@@H](C)C(=O)Nc3ccc(NC(C)=O)cc3)ccc21. The van der Waals surface area contributed by atoms with E-state index in [2.05, 4.69) is 33.2 Å². The lowest BCUT2D eigenvalue weighted by atomic mass is 10.1. The van der Waals surface area contributed by atoms with Gasteiger partial charge in [-0.1, -0.05) is 12.1 Å². The predicted octanol–water partition coefficient (Wildman–Crippen LogP) is 2.56. The van der Waals surface area contributed by atoms with Crippen LogP contribution in [0.1, 0.15) is 37.6 Å². The van der Waals surface area contributed by atoms with Crippen LogP contribution < -0.4 is 16.0 Å². The summed E-state index contributed by atoms with van der Waals surface area (Å²) in [5.41, 5.74) is 3.09. The van der Waals surface area contributed by atoms with Crippen LogP contribution in [0.4, 0.5) is 11.4 Å². The Morgan fingerprint density at radius 3 is 2.33 bits per heavy atom. The number of anilines is 2. The highest BCUT2D eigenvalue weighted by Gasteiger charge is 2.18. The number of aryl methyl sites for hydroxylation is 1. The van der Waals surface area contributed by atoms with E-state index in [-0.39, 0.29) is 17.7 Å². The molecule has 3 aromatic rings. The minimum absolute atomic E-state index is 0.172. The lowest BCUT2D eigenvalue weighted by Crippen LogP contribution is -2.41. The second-order valence-electron chi connectivity index (χ2n) is 6.96. The van der Waals surface area contributed by atoms with E-state index >= 15 is 0 Å². The number of fused-ring (bicyclic) bond motifs is 1. The van der Waals surface area contributed by atoms with Gasteiger partial charge in [0.1, 0.15) is 11.6 Å². The number of carbonyl (C=O) groups is 3. The van der Waals surface area contributed by atoms with Gasteiger partial charge in [-0.2, -0.15) is 0 Å². The maximum Gasteiger partial charge on any atom is 0.251 e. The average molecular weight is 408 g/mol. The van der Waals surface area contributed by atoms with Crippen molar-refractivity contribution in [3.63, 3.8) is 0 Å². The van der Waals surface area contributed by atoms with Gasteiger partial charge in [0.05, 0.1) is 5.52 Å². The van der Waals surface area contributed by atoms with Crippen molar-refractivity contribution in [1.29, 1.82) is 0 Å². The van der Waals surface area contributed by atoms with Crippen LogP contribution in [0.2, 0.25) is 0 Å². The quantitative estimate of drug-likeness (QED) is 0.555. The van der Waals surface area contributed by atoms with Gasteiger partial charge in [0, 0.05) is 30.4 Å². The van der Waals surface area contributed by atoms with Crippen LogP contribution in [-0.4, -0.2) is 38.8 Å². The molecule has 0 spiro atoms. The number of benzene rings is 2. The summed E-state index contributed by atoms with van der Waals surface area (Å²) in [7, 11) is 0. The fourth-order valence-electron chi connectivity index (χ4n) is 2.93. The topological polar surface area (TPSA) is 118 Å². The summed E-state index contributed by atoms with van der Waals surface area (Å²) in [5, 5.41) is 16.3. The lowest BCUT2D eigenvalue weighted by molar-refractivity contribution is -0.117. The van der Waals surface area contributed by atoms with Gasteiger partial charge in [0.15, 0.2) is 0 Å². The molecule has 0 saturated carbocycles. The van der Waals surface area contributed by atoms with Gasteiger partial charge in [-0.05, 0) is 55.8 Å². The van der Waals surface area contributed by atoms with E-state index in [1.807, 2.05) is 0 Å². The number of rotatable bonds is 7. The molecule has 3 N–H and O–H groups in total. The summed E-state index contributed by atoms with van der Waals surface area (Å²) in [6, 6.07) is 11.1. The summed E-state index contributed by atoms with van der Waals surface area (Å²) in [5.74, 6) is -0.898. The molecular weight excluding hydrogens is 384 g/mol. The zero-order valence-corrected chi connectivity index (χ0v) is 17.1. The van der Waals surface area contributed by atoms with E-state index in [9.17, 15) is 14.4 Å². The first-order valence-electron chi connectivity index (χ1n) is 9.70. The van der Waals surface area contributed by atoms with Crippen molar-refractivity contribution in [2.45, 2.75) is 39.8 Å². The van der Waals surface area contributed by atoms with Crippen LogP contribution >= 0.6 is 0 Å². The summed E-state index contributed by atoms with van der Waals surface area (Å²) in [6.45, 7) is 5.84. The molecule has 3 rings (SSSR count). The van der Waals surface area contributed by atoms with Gasteiger partial charge < -0.3 is 16.0 Å². The number of hydrogen-bond donors (Lipinski definition) is 3. The Bertz CT molecular complexity index is 1070. The monoisotopic (exact) mass is 408 g/mol. The highest BCUT2D eigenvalue weighted by molar-refractivity contribution is 6.02. The van der Waals surface area contributed by atoms with Crippen LogP contribution in [0.15, 0.2) is 42.5 Å². The maximum absolute atomic E-state index is 12.5. The highest BCUT2D eigenvalue weighted by atomic mass is 16.2. The molecule has 0 radical (unpaired) electrons. The van der Waals surface area contributed by atoms with E-state index < -0.39 is 6.04 Å². The fraction of sp³-hybridized carbons (Fsp3) is 0.286. The van der Waals surface area contributed by atoms with Crippen molar-refractivity contribution in [1.82, 2.24) is 20.3 Å². The Labute approximate surface area is 173 Å². The zero-order chi connectivity index (χ0) is 21.7. The molecule has 0 unspecified atom stereocenters. The third-order valence-corrected chi connectivity index (χ3v) is 4.43. The van der Waals surface area contributed by atoms with Crippen molar-refractivity contribution in [2.75, 3.05) is 10.6 Å². The van der Waals surface area contributed by atoms with E-state index in [0.717, 1.165) is 18.5 Å². The van der Waals surface area contributed by atoms with Crippen molar-refractivity contribution < 1.29 is 14.4 Å². The molecule has 9 heteroatoms. The third kappa shape index (κ3) is 4.99. The van der Waals surface area contributed by atoms with Crippen LogP contribution in [0.25, 0.3) is 11.0 Å². The molecule has 2 aromatic carbocycles. The first-order chi connectivity index (χ1) is 14.4. The van der Waals surface area contributed by atoms with Crippen molar-refractivity contribution >= 4 is 40.1 Å². The molecule has 0 saturated heterocycles. The van der Waals surface area contributed by atoms with Crippen LogP contribution in [0.5, 0.6) is 0 Å². The summed E-state index contributed by atoms with van der Waals surface area (Å²) in [4.78, 5) is 36.0. The Hall–Kier alpha value is -3.75. The molecule has 3 amide bonds. The number of amides is 3. The molecule has 0 aliphatic carbocycles. The molecular formula is C21H24N6O3.